The van der Waals surface area contributed by atoms with Crippen LogP contribution in [0.4, 0.5) is 4.39 Å². The fraction of sp³-hybridized carbons (Fsp3) is 0.500. The van der Waals surface area contributed by atoms with E-state index in [1.807, 2.05) is 13.8 Å². The molecule has 19 heavy (non-hydrogen) atoms. The van der Waals surface area contributed by atoms with Crippen LogP contribution in [0.25, 0.3) is 0 Å². The average molecular weight is 310 g/mol. The Morgan fingerprint density at radius 1 is 1.32 bits per heavy atom. The molecule has 0 fully saturated rings. The predicted molar refractivity (Wildman–Crippen MR) is 73.5 cm³/mol. The average Bonchev–Trinajstić information content (AvgIpc) is 2.34. The molecule has 1 aromatic rings. The molecule has 0 heterocycles. The van der Waals surface area contributed by atoms with Gasteiger partial charge in [0.1, 0.15) is 10.7 Å². The highest BCUT2D eigenvalue weighted by atomic mass is 35.5. The Bertz CT molecular complexity index is 518. The van der Waals surface area contributed by atoms with Crippen LogP contribution in [0.3, 0.4) is 0 Å². The predicted octanol–water partition coefficient (Wildman–Crippen LogP) is 0.682. The van der Waals surface area contributed by atoms with Gasteiger partial charge in [-0.3, -0.25) is 0 Å². The van der Waals surface area contributed by atoms with Crippen molar-refractivity contribution in [3.05, 3.63) is 29.0 Å². The van der Waals surface area contributed by atoms with E-state index in [-0.39, 0.29) is 16.5 Å². The molecule has 0 aromatic heterocycles. The van der Waals surface area contributed by atoms with Crippen LogP contribution in [-0.4, -0.2) is 34.6 Å². The topological polar surface area (TPSA) is 50.6 Å². The van der Waals surface area contributed by atoms with Crippen LogP contribution >= 0.6 is 11.6 Å². The fourth-order valence-corrected chi connectivity index (χ4v) is 2.98. The number of hydrogen-bond acceptors (Lipinski definition) is 2. The first-order valence-corrected chi connectivity index (χ1v) is 8.05. The molecule has 0 aliphatic carbocycles. The maximum Gasteiger partial charge on any atom is 0.243 e. The van der Waals surface area contributed by atoms with Crippen molar-refractivity contribution in [3.63, 3.8) is 0 Å². The molecule has 1 rings (SSSR count). The van der Waals surface area contributed by atoms with Gasteiger partial charge in [0.25, 0.3) is 0 Å². The summed E-state index contributed by atoms with van der Waals surface area (Å²) < 4.78 is 39.8. The van der Waals surface area contributed by atoms with Gasteiger partial charge in [0.05, 0.1) is 26.2 Å². The van der Waals surface area contributed by atoms with E-state index in [0.717, 1.165) is 19.2 Å². The minimum Gasteiger partial charge on any atom is -0.334 e. The number of halogens is 2. The fourth-order valence-electron chi connectivity index (χ4n) is 1.74. The van der Waals surface area contributed by atoms with E-state index in [0.29, 0.717) is 6.54 Å². The summed E-state index contributed by atoms with van der Waals surface area (Å²) in [5, 5.41) is 0.170. The summed E-state index contributed by atoms with van der Waals surface area (Å²) in [4.78, 5) is 0.908. The molecular weight excluding hydrogens is 291 g/mol. The number of benzene rings is 1. The van der Waals surface area contributed by atoms with Crippen molar-refractivity contribution in [3.8, 4) is 0 Å². The Kier molecular flexibility index (Phi) is 6.19. The molecule has 0 aliphatic heterocycles. The Balaban J connectivity index is 2.71. The van der Waals surface area contributed by atoms with E-state index in [1.54, 1.807) is 0 Å². The highest BCUT2D eigenvalue weighted by Crippen LogP contribution is 2.18. The second kappa shape index (κ2) is 7.19. The van der Waals surface area contributed by atoms with Gasteiger partial charge in [0.15, 0.2) is 0 Å². The van der Waals surface area contributed by atoms with E-state index < -0.39 is 15.8 Å². The number of sulfonamides is 1. The van der Waals surface area contributed by atoms with Crippen LogP contribution in [0.15, 0.2) is 23.1 Å². The molecule has 7 heteroatoms. The van der Waals surface area contributed by atoms with Gasteiger partial charge in [-0.15, -0.1) is 0 Å². The van der Waals surface area contributed by atoms with Crippen LogP contribution < -0.4 is 9.62 Å². The molecule has 4 nitrogen and oxygen atoms in total. The van der Waals surface area contributed by atoms with E-state index >= 15 is 0 Å². The SMILES string of the molecule is CC[NH+](CC)CCNS(=O)(=O)c1ccc(Cl)cc1F. The van der Waals surface area contributed by atoms with Gasteiger partial charge in [-0.25, -0.2) is 17.5 Å². The Labute approximate surface area is 118 Å². The number of quaternary nitrogens is 1. The second-order valence-electron chi connectivity index (χ2n) is 4.18. The number of likely N-dealkylation sites (N-methyl/N-ethyl adjacent to an activating group) is 1. The molecule has 0 atom stereocenters. The lowest BCUT2D eigenvalue weighted by Gasteiger charge is -2.15. The van der Waals surface area contributed by atoms with Crippen molar-refractivity contribution in [2.45, 2.75) is 18.7 Å². The van der Waals surface area contributed by atoms with Crippen molar-refractivity contribution >= 4 is 21.6 Å². The summed E-state index contributed by atoms with van der Waals surface area (Å²) in [6.45, 7) is 6.86. The minimum atomic E-state index is -3.82. The molecule has 0 saturated heterocycles. The van der Waals surface area contributed by atoms with E-state index in [2.05, 4.69) is 4.72 Å². The van der Waals surface area contributed by atoms with E-state index in [4.69, 9.17) is 11.6 Å². The molecule has 0 saturated carbocycles. The quantitative estimate of drug-likeness (QED) is 0.778. The van der Waals surface area contributed by atoms with Gasteiger partial charge in [-0.05, 0) is 32.0 Å². The van der Waals surface area contributed by atoms with Crippen LogP contribution in [0, 0.1) is 5.82 Å². The summed E-state index contributed by atoms with van der Waals surface area (Å²) in [5.74, 6) is -0.838. The van der Waals surface area contributed by atoms with Gasteiger partial charge in [0.2, 0.25) is 10.0 Å². The number of rotatable bonds is 7. The highest BCUT2D eigenvalue weighted by Gasteiger charge is 2.19. The lowest BCUT2D eigenvalue weighted by atomic mass is 10.3. The van der Waals surface area contributed by atoms with Crippen molar-refractivity contribution in [1.29, 1.82) is 0 Å². The van der Waals surface area contributed by atoms with Crippen molar-refractivity contribution in [2.24, 2.45) is 0 Å². The molecular formula is C12H19ClFN2O2S+. The molecule has 0 aliphatic rings. The van der Waals surface area contributed by atoms with Crippen LogP contribution in [0.2, 0.25) is 5.02 Å². The van der Waals surface area contributed by atoms with Gasteiger partial charge in [0, 0.05) is 5.02 Å². The molecule has 0 unspecified atom stereocenters. The van der Waals surface area contributed by atoms with Gasteiger partial charge < -0.3 is 4.90 Å². The molecule has 0 amide bonds. The van der Waals surface area contributed by atoms with Crippen molar-refractivity contribution in [2.75, 3.05) is 26.2 Å². The third kappa shape index (κ3) is 4.72. The van der Waals surface area contributed by atoms with Crippen LogP contribution in [-0.2, 0) is 10.0 Å². The minimum absolute atomic E-state index is 0.170. The Hall–Kier alpha value is -0.690. The third-order valence-electron chi connectivity index (χ3n) is 2.95. The molecule has 0 bridgehead atoms. The van der Waals surface area contributed by atoms with Crippen LogP contribution in [0.1, 0.15) is 13.8 Å². The largest absolute Gasteiger partial charge is 0.334 e. The summed E-state index contributed by atoms with van der Waals surface area (Å²) in [7, 11) is -3.82. The smallest absolute Gasteiger partial charge is 0.243 e. The monoisotopic (exact) mass is 309 g/mol. The maximum absolute atomic E-state index is 13.6. The number of nitrogens with one attached hydrogen (secondary N) is 2. The first-order chi connectivity index (χ1) is 8.90. The first kappa shape index (κ1) is 16.4. The zero-order chi connectivity index (χ0) is 14.5. The zero-order valence-corrected chi connectivity index (χ0v) is 12.6. The lowest BCUT2D eigenvalue weighted by Crippen LogP contribution is -3.12. The second-order valence-corrected chi connectivity index (χ2v) is 6.35. The maximum atomic E-state index is 13.6. The summed E-state index contributed by atoms with van der Waals surface area (Å²) in [6.07, 6.45) is 0. The molecule has 0 radical (unpaired) electrons. The molecule has 108 valence electrons. The zero-order valence-electron chi connectivity index (χ0n) is 11.0. The van der Waals surface area contributed by atoms with E-state index in [1.165, 1.54) is 17.0 Å². The molecule has 1 aromatic carbocycles. The van der Waals surface area contributed by atoms with Gasteiger partial charge >= 0.3 is 0 Å². The van der Waals surface area contributed by atoms with Crippen molar-refractivity contribution in [1.82, 2.24) is 4.72 Å². The summed E-state index contributed by atoms with van der Waals surface area (Å²) >= 11 is 5.59. The Morgan fingerprint density at radius 2 is 1.95 bits per heavy atom. The number of hydrogen-bond donors (Lipinski definition) is 2. The standard InChI is InChI=1S/C12H18ClFN2O2S/c1-3-16(4-2)8-7-15-19(17,18)12-6-5-10(13)9-11(12)14/h5-6,9,15H,3-4,7-8H2,1-2H3/p+1. The highest BCUT2D eigenvalue weighted by molar-refractivity contribution is 7.89. The first-order valence-electron chi connectivity index (χ1n) is 6.19. The normalized spacial score (nSPS) is 12.1. The van der Waals surface area contributed by atoms with E-state index in [9.17, 15) is 12.8 Å². The van der Waals surface area contributed by atoms with Gasteiger partial charge in [-0.1, -0.05) is 11.6 Å². The summed E-state index contributed by atoms with van der Waals surface area (Å²) in [5.41, 5.74) is 0. The van der Waals surface area contributed by atoms with Gasteiger partial charge in [-0.2, -0.15) is 0 Å². The summed E-state index contributed by atoms with van der Waals surface area (Å²) in [6, 6.07) is 3.52. The van der Waals surface area contributed by atoms with Crippen LogP contribution in [0.5, 0.6) is 0 Å². The molecule has 0 spiro atoms. The van der Waals surface area contributed by atoms with Crippen molar-refractivity contribution < 1.29 is 17.7 Å². The molecule has 2 N–H and O–H groups in total. The Morgan fingerprint density at radius 3 is 2.47 bits per heavy atom. The lowest BCUT2D eigenvalue weighted by molar-refractivity contribution is -0.895. The third-order valence-corrected chi connectivity index (χ3v) is 4.68.